The molecule has 0 aromatic carbocycles. The van der Waals surface area contributed by atoms with Gasteiger partial charge in [0, 0.05) is 50.1 Å². The highest BCUT2D eigenvalue weighted by atomic mass is 16.5. The van der Waals surface area contributed by atoms with E-state index in [1.165, 1.54) is 4.90 Å². The number of urea groups is 1. The molecular formula is C18H23N5O3. The Kier molecular flexibility index (Phi) is 5.20. The summed E-state index contributed by atoms with van der Waals surface area (Å²) < 4.78 is 5.31. The van der Waals surface area contributed by atoms with E-state index in [0.717, 1.165) is 5.56 Å². The highest BCUT2D eigenvalue weighted by Gasteiger charge is 2.32. The molecule has 2 aromatic heterocycles. The van der Waals surface area contributed by atoms with Crippen molar-refractivity contribution in [2.45, 2.75) is 38.9 Å². The number of nitrogens with zero attached hydrogens (tertiary/aromatic N) is 4. The van der Waals surface area contributed by atoms with Gasteiger partial charge in [0.2, 0.25) is 5.91 Å². The van der Waals surface area contributed by atoms with E-state index in [9.17, 15) is 9.59 Å². The fraction of sp³-hybridized carbons (Fsp3) is 0.444. The zero-order valence-corrected chi connectivity index (χ0v) is 15.2. The maximum atomic E-state index is 12.4. The van der Waals surface area contributed by atoms with E-state index >= 15 is 0 Å². The maximum Gasteiger partial charge on any atom is 0.317 e. The largest absolute Gasteiger partial charge is 0.359 e. The van der Waals surface area contributed by atoms with Gasteiger partial charge in [0.15, 0.2) is 5.76 Å². The molecule has 0 spiro atoms. The van der Waals surface area contributed by atoms with Crippen molar-refractivity contribution >= 4 is 11.9 Å². The summed E-state index contributed by atoms with van der Waals surface area (Å²) in [6.45, 7) is 4.77. The Morgan fingerprint density at radius 3 is 2.96 bits per heavy atom. The van der Waals surface area contributed by atoms with Gasteiger partial charge in [-0.3, -0.25) is 9.78 Å². The molecule has 1 aliphatic heterocycles. The van der Waals surface area contributed by atoms with Gasteiger partial charge in [-0.2, -0.15) is 0 Å². The van der Waals surface area contributed by atoms with Crippen LogP contribution in [-0.4, -0.2) is 57.6 Å². The Labute approximate surface area is 152 Å². The number of carbonyl (C=O) groups excluding carboxylic acids is 2. The second-order valence-corrected chi connectivity index (χ2v) is 6.77. The van der Waals surface area contributed by atoms with Gasteiger partial charge in [0.05, 0.1) is 12.6 Å². The van der Waals surface area contributed by atoms with Gasteiger partial charge < -0.3 is 19.6 Å². The number of aromatic nitrogens is 2. The van der Waals surface area contributed by atoms with Crippen LogP contribution in [0.15, 0.2) is 35.1 Å². The molecule has 0 bridgehead atoms. The molecule has 1 unspecified atom stereocenters. The second-order valence-electron chi connectivity index (χ2n) is 6.77. The summed E-state index contributed by atoms with van der Waals surface area (Å²) >= 11 is 0. The van der Waals surface area contributed by atoms with Crippen LogP contribution in [0.25, 0.3) is 11.3 Å². The normalized spacial score (nSPS) is 17.0. The molecule has 1 N–H and O–H groups in total. The van der Waals surface area contributed by atoms with Crippen molar-refractivity contribution in [3.63, 3.8) is 0 Å². The number of hydrogen-bond acceptors (Lipinski definition) is 5. The summed E-state index contributed by atoms with van der Waals surface area (Å²) in [4.78, 5) is 31.7. The lowest BCUT2D eigenvalue weighted by Gasteiger charge is -2.22. The van der Waals surface area contributed by atoms with Crippen LogP contribution in [0, 0.1) is 0 Å². The Bertz CT molecular complexity index is 774. The third-order valence-corrected chi connectivity index (χ3v) is 4.37. The van der Waals surface area contributed by atoms with E-state index in [-0.39, 0.29) is 30.6 Å². The van der Waals surface area contributed by atoms with Crippen molar-refractivity contribution in [1.29, 1.82) is 0 Å². The van der Waals surface area contributed by atoms with E-state index in [0.29, 0.717) is 24.4 Å². The Morgan fingerprint density at radius 2 is 2.31 bits per heavy atom. The van der Waals surface area contributed by atoms with E-state index in [2.05, 4.69) is 15.5 Å². The summed E-state index contributed by atoms with van der Waals surface area (Å²) in [5, 5.41) is 6.92. The molecule has 26 heavy (non-hydrogen) atoms. The van der Waals surface area contributed by atoms with Crippen LogP contribution in [0.3, 0.4) is 0 Å². The van der Waals surface area contributed by atoms with Crippen LogP contribution in [-0.2, 0) is 11.3 Å². The number of nitrogens with one attached hydrogen (secondary N) is 1. The SMILES string of the molecule is CC(C)N1CC(NC(=O)N(C)Cc2cc(-c3cccnc3)no2)CC1=O. The van der Waals surface area contributed by atoms with Gasteiger partial charge in [-0.15, -0.1) is 0 Å². The molecule has 1 aliphatic rings. The molecule has 0 radical (unpaired) electrons. The molecule has 0 aliphatic carbocycles. The van der Waals surface area contributed by atoms with Gasteiger partial charge in [0.1, 0.15) is 5.69 Å². The minimum Gasteiger partial charge on any atom is -0.359 e. The second kappa shape index (κ2) is 7.55. The fourth-order valence-corrected chi connectivity index (χ4v) is 2.96. The molecule has 1 atom stereocenters. The van der Waals surface area contributed by atoms with Crippen LogP contribution < -0.4 is 5.32 Å². The summed E-state index contributed by atoms with van der Waals surface area (Å²) in [5.74, 6) is 0.650. The molecule has 3 amide bonds. The van der Waals surface area contributed by atoms with Crippen LogP contribution in [0.2, 0.25) is 0 Å². The molecule has 1 fully saturated rings. The standard InChI is InChI=1S/C18H23N5O3/c1-12(2)23-10-14(7-17(23)24)20-18(25)22(3)11-15-8-16(21-26-15)13-5-4-6-19-9-13/h4-6,8-9,12,14H,7,10-11H2,1-3H3,(H,20,25). The summed E-state index contributed by atoms with van der Waals surface area (Å²) in [6.07, 6.45) is 3.73. The lowest BCUT2D eigenvalue weighted by Crippen LogP contribution is -2.44. The first kappa shape index (κ1) is 17.9. The predicted molar refractivity (Wildman–Crippen MR) is 95.0 cm³/mol. The Hall–Kier alpha value is -2.90. The maximum absolute atomic E-state index is 12.4. The van der Waals surface area contributed by atoms with Crippen molar-refractivity contribution in [2.75, 3.05) is 13.6 Å². The summed E-state index contributed by atoms with van der Waals surface area (Å²) in [5.41, 5.74) is 1.53. The average Bonchev–Trinajstić information content (AvgIpc) is 3.22. The molecule has 2 aromatic rings. The number of carbonyl (C=O) groups is 2. The van der Waals surface area contributed by atoms with Gasteiger partial charge in [-0.05, 0) is 26.0 Å². The van der Waals surface area contributed by atoms with E-state index < -0.39 is 0 Å². The first-order chi connectivity index (χ1) is 12.4. The van der Waals surface area contributed by atoms with E-state index in [1.54, 1.807) is 30.4 Å². The highest BCUT2D eigenvalue weighted by Crippen LogP contribution is 2.19. The van der Waals surface area contributed by atoms with Crippen molar-refractivity contribution in [1.82, 2.24) is 25.3 Å². The number of amides is 3. The molecule has 3 rings (SSSR count). The Balaban J connectivity index is 1.55. The number of likely N-dealkylation sites (tertiary alicyclic amines) is 1. The third kappa shape index (κ3) is 4.01. The number of rotatable bonds is 5. The number of hydrogen-bond donors (Lipinski definition) is 1. The minimum atomic E-state index is -0.243. The predicted octanol–water partition coefficient (Wildman–Crippen LogP) is 1.89. The fourth-order valence-electron chi connectivity index (χ4n) is 2.96. The van der Waals surface area contributed by atoms with E-state index in [4.69, 9.17) is 4.52 Å². The van der Waals surface area contributed by atoms with Crippen LogP contribution in [0.5, 0.6) is 0 Å². The van der Waals surface area contributed by atoms with Crippen molar-refractivity contribution in [2.24, 2.45) is 0 Å². The van der Waals surface area contributed by atoms with Gasteiger partial charge >= 0.3 is 6.03 Å². The average molecular weight is 357 g/mol. The minimum absolute atomic E-state index is 0.0734. The Morgan fingerprint density at radius 1 is 1.50 bits per heavy atom. The quantitative estimate of drug-likeness (QED) is 0.882. The molecule has 8 nitrogen and oxygen atoms in total. The third-order valence-electron chi connectivity index (χ3n) is 4.37. The zero-order valence-electron chi connectivity index (χ0n) is 15.2. The monoisotopic (exact) mass is 357 g/mol. The van der Waals surface area contributed by atoms with Crippen molar-refractivity contribution in [3.8, 4) is 11.3 Å². The molecule has 3 heterocycles. The smallest absolute Gasteiger partial charge is 0.317 e. The lowest BCUT2D eigenvalue weighted by molar-refractivity contribution is -0.129. The molecule has 1 saturated heterocycles. The molecule has 138 valence electrons. The summed E-state index contributed by atoms with van der Waals surface area (Å²) in [6, 6.07) is 5.24. The topological polar surface area (TPSA) is 91.6 Å². The first-order valence-corrected chi connectivity index (χ1v) is 8.61. The molecule has 0 saturated carbocycles. The lowest BCUT2D eigenvalue weighted by atomic mass is 10.2. The van der Waals surface area contributed by atoms with Crippen LogP contribution >= 0.6 is 0 Å². The first-order valence-electron chi connectivity index (χ1n) is 8.61. The highest BCUT2D eigenvalue weighted by molar-refractivity contribution is 5.81. The molecular weight excluding hydrogens is 334 g/mol. The van der Waals surface area contributed by atoms with Gasteiger partial charge in [0.25, 0.3) is 0 Å². The van der Waals surface area contributed by atoms with Crippen LogP contribution in [0.4, 0.5) is 4.79 Å². The van der Waals surface area contributed by atoms with Gasteiger partial charge in [-0.25, -0.2) is 4.79 Å². The zero-order chi connectivity index (χ0) is 18.7. The van der Waals surface area contributed by atoms with E-state index in [1.807, 2.05) is 26.0 Å². The van der Waals surface area contributed by atoms with Gasteiger partial charge in [-0.1, -0.05) is 5.16 Å². The number of pyridine rings is 1. The summed E-state index contributed by atoms with van der Waals surface area (Å²) in [7, 11) is 1.68. The van der Waals surface area contributed by atoms with Crippen molar-refractivity contribution in [3.05, 3.63) is 36.4 Å². The van der Waals surface area contributed by atoms with Crippen LogP contribution in [0.1, 0.15) is 26.0 Å². The van der Waals surface area contributed by atoms with Crippen molar-refractivity contribution < 1.29 is 14.1 Å². The molecule has 8 heteroatoms.